The quantitative estimate of drug-likeness (QED) is 0.818. The molecule has 0 bridgehead atoms. The number of halogens is 1. The number of fused-ring (bicyclic) bond motifs is 1. The number of hydrogen-bond acceptors (Lipinski definition) is 3. The molecule has 0 saturated heterocycles. The van der Waals surface area contributed by atoms with Crippen LogP contribution in [0.4, 0.5) is 4.39 Å². The monoisotopic (exact) mass is 236 g/mol. The van der Waals surface area contributed by atoms with Crippen LogP contribution in [0.15, 0.2) is 18.3 Å². The minimum atomic E-state index is -0.278. The zero-order chi connectivity index (χ0) is 12.6. The Morgan fingerprint density at radius 2 is 1.94 bits per heavy atom. The zero-order valence-electron chi connectivity index (χ0n) is 10.6. The Bertz CT molecular complexity index is 510. The van der Waals surface area contributed by atoms with Gasteiger partial charge in [-0.1, -0.05) is 13.8 Å². The summed E-state index contributed by atoms with van der Waals surface area (Å²) in [5.41, 5.74) is 0.675. The third-order valence-electron chi connectivity index (χ3n) is 2.84. The first-order chi connectivity index (χ1) is 8.00. The van der Waals surface area contributed by atoms with E-state index in [9.17, 15) is 4.39 Å². The summed E-state index contributed by atoms with van der Waals surface area (Å²) in [7, 11) is 3.98. The molecular weight excluding hydrogens is 219 g/mol. The molecule has 0 amide bonds. The summed E-state index contributed by atoms with van der Waals surface area (Å²) in [6.45, 7) is 4.23. The number of pyridine rings is 1. The number of aromatic nitrogens is 3. The van der Waals surface area contributed by atoms with Crippen LogP contribution < -0.4 is 0 Å². The molecule has 0 fully saturated rings. The fraction of sp³-hybridized carbons (Fsp3) is 0.500. The van der Waals surface area contributed by atoms with Crippen LogP contribution in [0.2, 0.25) is 0 Å². The molecule has 0 radical (unpaired) electrons. The molecule has 2 rings (SSSR count). The Labute approximate surface area is 100 Å². The molecule has 17 heavy (non-hydrogen) atoms. The molecule has 0 saturated carbocycles. The van der Waals surface area contributed by atoms with E-state index in [4.69, 9.17) is 0 Å². The first-order valence-corrected chi connectivity index (χ1v) is 5.67. The summed E-state index contributed by atoms with van der Waals surface area (Å²) in [6, 6.07) is 3.15. The van der Waals surface area contributed by atoms with Crippen LogP contribution in [0.3, 0.4) is 0 Å². The van der Waals surface area contributed by atoms with Crippen molar-refractivity contribution < 1.29 is 4.39 Å². The van der Waals surface area contributed by atoms with Crippen LogP contribution in [0.5, 0.6) is 0 Å². The van der Waals surface area contributed by atoms with E-state index in [2.05, 4.69) is 28.9 Å². The van der Waals surface area contributed by atoms with Gasteiger partial charge < -0.3 is 0 Å². The highest BCUT2D eigenvalue weighted by Gasteiger charge is 2.23. The number of hydrogen-bond donors (Lipinski definition) is 0. The van der Waals surface area contributed by atoms with Crippen LogP contribution in [0.1, 0.15) is 25.7 Å². The molecule has 0 aliphatic carbocycles. The van der Waals surface area contributed by atoms with Gasteiger partial charge in [-0.2, -0.15) is 0 Å². The third-order valence-corrected chi connectivity index (χ3v) is 2.84. The van der Waals surface area contributed by atoms with Gasteiger partial charge in [0.25, 0.3) is 0 Å². The van der Waals surface area contributed by atoms with Gasteiger partial charge in [0.2, 0.25) is 0 Å². The minimum Gasteiger partial charge on any atom is -0.299 e. The third kappa shape index (κ3) is 2.15. The van der Waals surface area contributed by atoms with Crippen molar-refractivity contribution in [2.75, 3.05) is 14.1 Å². The number of nitrogens with zero attached hydrogens (tertiary/aromatic N) is 4. The normalized spacial score (nSPS) is 13.8. The summed E-state index contributed by atoms with van der Waals surface area (Å²) in [5, 5.41) is 8.25. The van der Waals surface area contributed by atoms with Crippen LogP contribution in [0.25, 0.3) is 5.65 Å². The van der Waals surface area contributed by atoms with Crippen molar-refractivity contribution in [1.82, 2.24) is 19.5 Å². The summed E-state index contributed by atoms with van der Waals surface area (Å²) >= 11 is 0. The van der Waals surface area contributed by atoms with E-state index in [1.165, 1.54) is 12.3 Å². The van der Waals surface area contributed by atoms with E-state index in [1.807, 2.05) is 14.1 Å². The van der Waals surface area contributed by atoms with Crippen molar-refractivity contribution in [3.63, 3.8) is 0 Å². The fourth-order valence-corrected chi connectivity index (χ4v) is 2.21. The fourth-order valence-electron chi connectivity index (χ4n) is 2.21. The van der Waals surface area contributed by atoms with Crippen LogP contribution in [-0.4, -0.2) is 33.6 Å². The lowest BCUT2D eigenvalue weighted by Gasteiger charge is -2.26. The summed E-state index contributed by atoms with van der Waals surface area (Å²) in [6.07, 6.45) is 1.43. The van der Waals surface area contributed by atoms with Gasteiger partial charge in [0.05, 0.1) is 6.04 Å². The lowest BCUT2D eigenvalue weighted by atomic mass is 10.0. The Kier molecular flexibility index (Phi) is 3.11. The highest BCUT2D eigenvalue weighted by atomic mass is 19.1. The van der Waals surface area contributed by atoms with Gasteiger partial charge in [0.1, 0.15) is 5.82 Å². The van der Waals surface area contributed by atoms with E-state index in [-0.39, 0.29) is 11.9 Å². The Morgan fingerprint density at radius 1 is 1.24 bits per heavy atom. The second-order valence-electron chi connectivity index (χ2n) is 4.79. The molecular formula is C12H17FN4. The standard InChI is InChI=1S/C12H17FN4/c1-8(2)11(16(3)4)12-15-14-10-6-5-9(13)7-17(10)12/h5-8,11H,1-4H3. The van der Waals surface area contributed by atoms with Crippen molar-refractivity contribution in [1.29, 1.82) is 0 Å². The summed E-state index contributed by atoms with van der Waals surface area (Å²) < 4.78 is 15.0. The minimum absolute atomic E-state index is 0.117. The molecule has 0 N–H and O–H groups in total. The predicted octanol–water partition coefficient (Wildman–Crippen LogP) is 2.13. The first-order valence-electron chi connectivity index (χ1n) is 5.67. The molecule has 0 aliphatic heterocycles. The van der Waals surface area contributed by atoms with Gasteiger partial charge in [-0.15, -0.1) is 10.2 Å². The second-order valence-corrected chi connectivity index (χ2v) is 4.79. The van der Waals surface area contributed by atoms with Gasteiger partial charge in [-0.3, -0.25) is 9.30 Å². The predicted molar refractivity (Wildman–Crippen MR) is 64.2 cm³/mol. The largest absolute Gasteiger partial charge is 0.299 e. The Hall–Kier alpha value is -1.49. The molecule has 2 aromatic rings. The Morgan fingerprint density at radius 3 is 2.53 bits per heavy atom. The molecule has 92 valence electrons. The van der Waals surface area contributed by atoms with Gasteiger partial charge >= 0.3 is 0 Å². The maximum Gasteiger partial charge on any atom is 0.160 e. The molecule has 5 heteroatoms. The first kappa shape index (κ1) is 12.0. The average molecular weight is 236 g/mol. The lowest BCUT2D eigenvalue weighted by molar-refractivity contribution is 0.223. The highest BCUT2D eigenvalue weighted by Crippen LogP contribution is 2.25. The van der Waals surface area contributed by atoms with Gasteiger partial charge in [0, 0.05) is 6.20 Å². The Balaban J connectivity index is 2.57. The van der Waals surface area contributed by atoms with Crippen molar-refractivity contribution in [3.8, 4) is 0 Å². The van der Waals surface area contributed by atoms with Gasteiger partial charge in [-0.05, 0) is 32.1 Å². The topological polar surface area (TPSA) is 33.4 Å². The summed E-state index contributed by atoms with van der Waals surface area (Å²) in [4.78, 5) is 2.08. The van der Waals surface area contributed by atoms with E-state index >= 15 is 0 Å². The number of rotatable bonds is 3. The molecule has 1 unspecified atom stereocenters. The van der Waals surface area contributed by atoms with Gasteiger partial charge in [0.15, 0.2) is 11.5 Å². The van der Waals surface area contributed by atoms with Crippen LogP contribution >= 0.6 is 0 Å². The van der Waals surface area contributed by atoms with Gasteiger partial charge in [-0.25, -0.2) is 4.39 Å². The molecule has 0 spiro atoms. The SMILES string of the molecule is CC(C)C(c1nnc2ccc(F)cn12)N(C)C. The van der Waals surface area contributed by atoms with E-state index < -0.39 is 0 Å². The molecule has 2 aromatic heterocycles. The maximum atomic E-state index is 13.3. The van der Waals surface area contributed by atoms with Crippen LogP contribution in [-0.2, 0) is 0 Å². The maximum absolute atomic E-state index is 13.3. The van der Waals surface area contributed by atoms with Crippen molar-refractivity contribution >= 4 is 5.65 Å². The average Bonchev–Trinajstić information content (AvgIpc) is 2.60. The van der Waals surface area contributed by atoms with E-state index in [1.54, 1.807) is 10.5 Å². The van der Waals surface area contributed by atoms with Crippen LogP contribution in [0, 0.1) is 11.7 Å². The zero-order valence-corrected chi connectivity index (χ0v) is 10.6. The highest BCUT2D eigenvalue weighted by molar-refractivity contribution is 5.38. The van der Waals surface area contributed by atoms with E-state index in [0.717, 1.165) is 5.82 Å². The van der Waals surface area contributed by atoms with Crippen molar-refractivity contribution in [3.05, 3.63) is 30.0 Å². The second kappa shape index (κ2) is 4.41. The van der Waals surface area contributed by atoms with E-state index in [0.29, 0.717) is 11.6 Å². The molecule has 1 atom stereocenters. The molecule has 2 heterocycles. The molecule has 4 nitrogen and oxygen atoms in total. The van der Waals surface area contributed by atoms with Crippen molar-refractivity contribution in [2.24, 2.45) is 5.92 Å². The summed E-state index contributed by atoms with van der Waals surface area (Å²) in [5.74, 6) is 0.875. The molecule has 0 aliphatic rings. The lowest BCUT2D eigenvalue weighted by Crippen LogP contribution is -2.26. The van der Waals surface area contributed by atoms with Crippen molar-refractivity contribution in [2.45, 2.75) is 19.9 Å². The smallest absolute Gasteiger partial charge is 0.160 e. The molecule has 0 aromatic carbocycles.